The van der Waals surface area contributed by atoms with Crippen molar-refractivity contribution in [1.82, 2.24) is 5.32 Å². The Morgan fingerprint density at radius 2 is 2.29 bits per heavy atom. The number of nitrogens with zero attached hydrogens (tertiary/aromatic N) is 1. The Kier molecular flexibility index (Phi) is 3.15. The van der Waals surface area contributed by atoms with Gasteiger partial charge in [0.15, 0.2) is 17.6 Å². The van der Waals surface area contributed by atoms with Gasteiger partial charge in [-0.1, -0.05) is 0 Å². The van der Waals surface area contributed by atoms with Crippen molar-refractivity contribution in [3.63, 3.8) is 0 Å². The molecular weight excluding hydrogens is 220 g/mol. The van der Waals surface area contributed by atoms with Gasteiger partial charge in [-0.3, -0.25) is 4.79 Å². The van der Waals surface area contributed by atoms with Crippen molar-refractivity contribution in [3.05, 3.63) is 23.8 Å². The highest BCUT2D eigenvalue weighted by Crippen LogP contribution is 2.29. The smallest absolute Gasteiger partial charge is 0.261 e. The second-order valence-electron chi connectivity index (χ2n) is 3.66. The standard InChI is InChI=1S/C12H12N2O3/c1-16-11-6-8(7-13)2-3-9(11)17-10-4-5-14-12(10)15/h2-3,6,10H,4-5H2,1H3,(H,14,15). The molecule has 0 aliphatic carbocycles. The van der Waals surface area contributed by atoms with Gasteiger partial charge in [0, 0.05) is 19.0 Å². The minimum atomic E-state index is -0.475. The number of hydrogen-bond acceptors (Lipinski definition) is 4. The van der Waals surface area contributed by atoms with E-state index in [0.29, 0.717) is 30.0 Å². The summed E-state index contributed by atoms with van der Waals surface area (Å²) >= 11 is 0. The van der Waals surface area contributed by atoms with Crippen LogP contribution in [0, 0.1) is 11.3 Å². The predicted molar refractivity (Wildman–Crippen MR) is 59.8 cm³/mol. The van der Waals surface area contributed by atoms with E-state index in [1.165, 1.54) is 7.11 Å². The summed E-state index contributed by atoms with van der Waals surface area (Å²) in [6.07, 6.45) is 0.166. The number of nitrogens with one attached hydrogen (secondary N) is 1. The first-order valence-electron chi connectivity index (χ1n) is 5.27. The zero-order chi connectivity index (χ0) is 12.3. The fourth-order valence-corrected chi connectivity index (χ4v) is 1.67. The fraction of sp³-hybridized carbons (Fsp3) is 0.333. The number of methoxy groups -OCH3 is 1. The van der Waals surface area contributed by atoms with E-state index in [2.05, 4.69) is 5.32 Å². The van der Waals surface area contributed by atoms with Crippen LogP contribution in [0.2, 0.25) is 0 Å². The number of rotatable bonds is 3. The van der Waals surface area contributed by atoms with Gasteiger partial charge in [0.25, 0.3) is 5.91 Å². The predicted octanol–water partition coefficient (Wildman–Crippen LogP) is 0.834. The van der Waals surface area contributed by atoms with Crippen LogP contribution >= 0.6 is 0 Å². The van der Waals surface area contributed by atoms with E-state index in [-0.39, 0.29) is 5.91 Å². The molecule has 0 saturated carbocycles. The Hall–Kier alpha value is -2.22. The van der Waals surface area contributed by atoms with E-state index in [1.807, 2.05) is 6.07 Å². The van der Waals surface area contributed by atoms with Gasteiger partial charge in [0.05, 0.1) is 18.7 Å². The first-order chi connectivity index (χ1) is 8.24. The van der Waals surface area contributed by atoms with Gasteiger partial charge in [0.2, 0.25) is 0 Å². The Bertz CT molecular complexity index is 479. The lowest BCUT2D eigenvalue weighted by Gasteiger charge is -2.14. The number of nitriles is 1. The highest BCUT2D eigenvalue weighted by molar-refractivity contribution is 5.83. The van der Waals surface area contributed by atoms with Crippen LogP contribution in [0.5, 0.6) is 11.5 Å². The van der Waals surface area contributed by atoms with Gasteiger partial charge in [-0.05, 0) is 12.1 Å². The van der Waals surface area contributed by atoms with E-state index >= 15 is 0 Å². The van der Waals surface area contributed by atoms with Crippen LogP contribution < -0.4 is 14.8 Å². The topological polar surface area (TPSA) is 71.3 Å². The maximum absolute atomic E-state index is 11.4. The van der Waals surface area contributed by atoms with Crippen LogP contribution in [-0.2, 0) is 4.79 Å². The maximum atomic E-state index is 11.4. The summed E-state index contributed by atoms with van der Waals surface area (Å²) in [6.45, 7) is 0.627. The monoisotopic (exact) mass is 232 g/mol. The second kappa shape index (κ2) is 4.74. The Morgan fingerprint density at radius 1 is 1.47 bits per heavy atom. The lowest BCUT2D eigenvalue weighted by Crippen LogP contribution is -2.27. The van der Waals surface area contributed by atoms with Crippen LogP contribution in [0.4, 0.5) is 0 Å². The quantitative estimate of drug-likeness (QED) is 0.838. The summed E-state index contributed by atoms with van der Waals surface area (Å²) in [5.74, 6) is 0.828. The van der Waals surface area contributed by atoms with E-state index in [1.54, 1.807) is 18.2 Å². The largest absolute Gasteiger partial charge is 0.493 e. The van der Waals surface area contributed by atoms with Crippen molar-refractivity contribution < 1.29 is 14.3 Å². The van der Waals surface area contributed by atoms with Crippen LogP contribution in [0.15, 0.2) is 18.2 Å². The molecule has 1 N–H and O–H groups in total. The number of amides is 1. The van der Waals surface area contributed by atoms with Crippen molar-refractivity contribution >= 4 is 5.91 Å². The molecule has 88 valence electrons. The van der Waals surface area contributed by atoms with E-state index in [9.17, 15) is 4.79 Å². The lowest BCUT2D eigenvalue weighted by atomic mass is 10.2. The summed E-state index contributed by atoms with van der Waals surface area (Å²) in [5, 5.41) is 11.5. The molecule has 1 heterocycles. The molecular formula is C12H12N2O3. The molecule has 1 atom stereocenters. The lowest BCUT2D eigenvalue weighted by molar-refractivity contribution is -0.124. The molecule has 1 unspecified atom stereocenters. The summed E-state index contributed by atoms with van der Waals surface area (Å²) in [4.78, 5) is 11.4. The molecule has 17 heavy (non-hydrogen) atoms. The molecule has 0 spiro atoms. The SMILES string of the molecule is COc1cc(C#N)ccc1OC1CCNC1=O. The number of carbonyl (C=O) groups excluding carboxylic acids is 1. The Balaban J connectivity index is 2.20. The van der Waals surface area contributed by atoms with Crippen molar-refractivity contribution in [1.29, 1.82) is 5.26 Å². The molecule has 1 saturated heterocycles. The average molecular weight is 232 g/mol. The zero-order valence-corrected chi connectivity index (χ0v) is 9.40. The normalized spacial score (nSPS) is 18.4. The Labute approximate surface area is 98.9 Å². The molecule has 0 aromatic heterocycles. The third kappa shape index (κ3) is 2.31. The maximum Gasteiger partial charge on any atom is 0.261 e. The van der Waals surface area contributed by atoms with Gasteiger partial charge >= 0.3 is 0 Å². The van der Waals surface area contributed by atoms with Crippen molar-refractivity contribution in [2.24, 2.45) is 0 Å². The minimum absolute atomic E-state index is 0.114. The molecule has 2 rings (SSSR count). The molecule has 5 heteroatoms. The molecule has 1 amide bonds. The Morgan fingerprint density at radius 3 is 2.88 bits per heavy atom. The number of benzene rings is 1. The third-order valence-corrected chi connectivity index (χ3v) is 2.56. The molecule has 5 nitrogen and oxygen atoms in total. The first-order valence-corrected chi connectivity index (χ1v) is 5.27. The van der Waals surface area contributed by atoms with Crippen molar-refractivity contribution in [2.75, 3.05) is 13.7 Å². The van der Waals surface area contributed by atoms with Crippen LogP contribution in [0.1, 0.15) is 12.0 Å². The highest BCUT2D eigenvalue weighted by atomic mass is 16.5. The van der Waals surface area contributed by atoms with Gasteiger partial charge in [-0.2, -0.15) is 5.26 Å². The van der Waals surface area contributed by atoms with Gasteiger partial charge in [-0.25, -0.2) is 0 Å². The second-order valence-corrected chi connectivity index (χ2v) is 3.66. The zero-order valence-electron chi connectivity index (χ0n) is 9.40. The molecule has 1 aromatic carbocycles. The highest BCUT2D eigenvalue weighted by Gasteiger charge is 2.26. The van der Waals surface area contributed by atoms with Crippen LogP contribution in [-0.4, -0.2) is 25.7 Å². The van der Waals surface area contributed by atoms with E-state index in [0.717, 1.165) is 0 Å². The third-order valence-electron chi connectivity index (χ3n) is 2.56. The van der Waals surface area contributed by atoms with Crippen molar-refractivity contribution in [2.45, 2.75) is 12.5 Å². The first kappa shape index (κ1) is 11.3. The summed E-state index contributed by atoms with van der Waals surface area (Å²) in [7, 11) is 1.50. The van der Waals surface area contributed by atoms with Gasteiger partial charge in [-0.15, -0.1) is 0 Å². The number of hydrogen-bond donors (Lipinski definition) is 1. The van der Waals surface area contributed by atoms with E-state index in [4.69, 9.17) is 14.7 Å². The number of ether oxygens (including phenoxy) is 2. The summed E-state index contributed by atoms with van der Waals surface area (Å²) in [5.41, 5.74) is 0.491. The minimum Gasteiger partial charge on any atom is -0.493 e. The molecule has 0 bridgehead atoms. The van der Waals surface area contributed by atoms with Gasteiger partial charge in [0.1, 0.15) is 0 Å². The van der Waals surface area contributed by atoms with Crippen LogP contribution in [0.3, 0.4) is 0 Å². The summed E-state index contributed by atoms with van der Waals surface area (Å²) in [6, 6.07) is 6.87. The molecule has 1 aliphatic rings. The van der Waals surface area contributed by atoms with Gasteiger partial charge < -0.3 is 14.8 Å². The van der Waals surface area contributed by atoms with E-state index < -0.39 is 6.10 Å². The van der Waals surface area contributed by atoms with Crippen LogP contribution in [0.25, 0.3) is 0 Å². The molecule has 1 aromatic rings. The fourth-order valence-electron chi connectivity index (χ4n) is 1.67. The number of carbonyl (C=O) groups is 1. The summed E-state index contributed by atoms with van der Waals surface area (Å²) < 4.78 is 10.7. The molecule has 0 radical (unpaired) electrons. The molecule has 1 fully saturated rings. The molecule has 1 aliphatic heterocycles. The average Bonchev–Trinajstić information content (AvgIpc) is 2.75. The van der Waals surface area contributed by atoms with Crippen molar-refractivity contribution in [3.8, 4) is 17.6 Å².